The van der Waals surface area contributed by atoms with Gasteiger partial charge in [0.05, 0.1) is 19.1 Å². The molecule has 2 rings (SSSR count). The van der Waals surface area contributed by atoms with Crippen molar-refractivity contribution in [1.82, 2.24) is 10.2 Å². The Bertz CT molecular complexity index is 510. The van der Waals surface area contributed by atoms with Crippen LogP contribution in [0.1, 0.15) is 45.4 Å². The minimum atomic E-state index is 0.131. The Morgan fingerprint density at radius 3 is 2.81 bits per heavy atom. The first-order valence-corrected chi connectivity index (χ1v) is 10.5. The van der Waals surface area contributed by atoms with E-state index in [9.17, 15) is 4.79 Å². The molecular weight excluding hydrogens is 340 g/mol. The number of likely N-dealkylation sites (tertiary alicyclic amines) is 1. The van der Waals surface area contributed by atoms with E-state index >= 15 is 0 Å². The summed E-state index contributed by atoms with van der Waals surface area (Å²) in [5.74, 6) is 1.24. The van der Waals surface area contributed by atoms with E-state index < -0.39 is 0 Å². The van der Waals surface area contributed by atoms with Crippen molar-refractivity contribution in [3.8, 4) is 5.75 Å². The fourth-order valence-electron chi connectivity index (χ4n) is 3.41. The molecule has 27 heavy (non-hydrogen) atoms. The minimum Gasteiger partial charge on any atom is -0.491 e. The molecule has 1 N–H and O–H groups in total. The number of rotatable bonds is 13. The van der Waals surface area contributed by atoms with Crippen LogP contribution in [-0.4, -0.2) is 56.8 Å². The zero-order valence-corrected chi connectivity index (χ0v) is 16.8. The molecule has 1 amide bonds. The summed E-state index contributed by atoms with van der Waals surface area (Å²) in [6.45, 7) is 7.65. The third-order valence-corrected chi connectivity index (χ3v) is 5.00. The highest BCUT2D eigenvalue weighted by atomic mass is 16.5. The predicted octanol–water partition coefficient (Wildman–Crippen LogP) is 3.49. The zero-order chi connectivity index (χ0) is 19.2. The Morgan fingerprint density at radius 1 is 1.15 bits per heavy atom. The molecule has 1 aromatic rings. The topological polar surface area (TPSA) is 50.8 Å². The van der Waals surface area contributed by atoms with Crippen molar-refractivity contribution in [2.75, 3.05) is 46.0 Å². The smallest absolute Gasteiger partial charge is 0.224 e. The molecule has 0 saturated carbocycles. The molecule has 5 nitrogen and oxygen atoms in total. The predicted molar refractivity (Wildman–Crippen MR) is 109 cm³/mol. The summed E-state index contributed by atoms with van der Waals surface area (Å²) < 4.78 is 11.3. The molecule has 1 aromatic carbocycles. The van der Waals surface area contributed by atoms with Crippen molar-refractivity contribution in [3.63, 3.8) is 0 Å². The molecule has 0 radical (unpaired) electrons. The Kier molecular flexibility index (Phi) is 10.9. The lowest BCUT2D eigenvalue weighted by Gasteiger charge is -2.31. The standard InChI is InChI=1S/C22H36N2O3/c1-2-3-4-8-13-23-22(25)20-10-9-14-24(19-20)15-16-26-17-18-27-21-11-6-5-7-12-21/h5-7,11-12,20H,2-4,8-10,13-19H2,1H3,(H,23,25). The fourth-order valence-corrected chi connectivity index (χ4v) is 3.41. The van der Waals surface area contributed by atoms with Gasteiger partial charge in [-0.1, -0.05) is 44.4 Å². The van der Waals surface area contributed by atoms with Crippen LogP contribution < -0.4 is 10.1 Å². The number of carbonyl (C=O) groups is 1. The van der Waals surface area contributed by atoms with Crippen LogP contribution in [0.5, 0.6) is 5.75 Å². The van der Waals surface area contributed by atoms with E-state index in [0.29, 0.717) is 19.8 Å². The molecule has 1 aliphatic heterocycles. The van der Waals surface area contributed by atoms with E-state index in [-0.39, 0.29) is 11.8 Å². The highest BCUT2D eigenvalue weighted by molar-refractivity contribution is 5.78. The second-order valence-electron chi connectivity index (χ2n) is 7.27. The molecule has 0 bridgehead atoms. The lowest BCUT2D eigenvalue weighted by Crippen LogP contribution is -2.44. The number of carbonyl (C=O) groups excluding carboxylic acids is 1. The molecule has 0 spiro atoms. The monoisotopic (exact) mass is 376 g/mol. The van der Waals surface area contributed by atoms with Gasteiger partial charge in [-0.25, -0.2) is 0 Å². The number of hydrogen-bond acceptors (Lipinski definition) is 4. The number of unbranched alkanes of at least 4 members (excludes halogenated alkanes) is 3. The lowest BCUT2D eigenvalue weighted by atomic mass is 9.97. The van der Waals surface area contributed by atoms with Crippen LogP contribution in [-0.2, 0) is 9.53 Å². The number of nitrogens with one attached hydrogen (secondary N) is 1. The first-order chi connectivity index (χ1) is 13.3. The highest BCUT2D eigenvalue weighted by Crippen LogP contribution is 2.16. The first kappa shape index (κ1) is 21.7. The van der Waals surface area contributed by atoms with Gasteiger partial charge in [-0.2, -0.15) is 0 Å². The zero-order valence-electron chi connectivity index (χ0n) is 16.8. The van der Waals surface area contributed by atoms with Gasteiger partial charge < -0.3 is 19.7 Å². The molecule has 1 unspecified atom stereocenters. The molecule has 1 heterocycles. The van der Waals surface area contributed by atoms with Crippen LogP contribution in [0.25, 0.3) is 0 Å². The van der Waals surface area contributed by atoms with Crippen LogP contribution in [0.15, 0.2) is 30.3 Å². The van der Waals surface area contributed by atoms with Gasteiger partial charge in [0.15, 0.2) is 0 Å². The Balaban J connectivity index is 1.51. The van der Waals surface area contributed by atoms with Crippen molar-refractivity contribution in [2.45, 2.75) is 45.4 Å². The molecule has 0 aliphatic carbocycles. The van der Waals surface area contributed by atoms with Crippen molar-refractivity contribution < 1.29 is 14.3 Å². The minimum absolute atomic E-state index is 0.131. The van der Waals surface area contributed by atoms with Crippen LogP contribution >= 0.6 is 0 Å². The van der Waals surface area contributed by atoms with Crippen LogP contribution in [0.2, 0.25) is 0 Å². The molecule has 0 aromatic heterocycles. The van der Waals surface area contributed by atoms with Gasteiger partial charge in [0.2, 0.25) is 5.91 Å². The van der Waals surface area contributed by atoms with Gasteiger partial charge in [-0.05, 0) is 37.9 Å². The van der Waals surface area contributed by atoms with E-state index in [0.717, 1.165) is 51.2 Å². The largest absolute Gasteiger partial charge is 0.491 e. The lowest BCUT2D eigenvalue weighted by molar-refractivity contribution is -0.126. The van der Waals surface area contributed by atoms with Gasteiger partial charge in [0, 0.05) is 19.6 Å². The van der Waals surface area contributed by atoms with Crippen LogP contribution in [0, 0.1) is 5.92 Å². The average molecular weight is 377 g/mol. The number of amides is 1. The number of nitrogens with zero attached hydrogens (tertiary/aromatic N) is 1. The van der Waals surface area contributed by atoms with E-state index in [2.05, 4.69) is 17.1 Å². The number of para-hydroxylation sites is 1. The summed E-state index contributed by atoms with van der Waals surface area (Å²) in [5, 5.41) is 3.12. The maximum atomic E-state index is 12.3. The maximum absolute atomic E-state index is 12.3. The molecular formula is C22H36N2O3. The molecule has 152 valence electrons. The average Bonchev–Trinajstić information content (AvgIpc) is 2.71. The summed E-state index contributed by atoms with van der Waals surface area (Å²) in [5.41, 5.74) is 0. The van der Waals surface area contributed by atoms with Crippen molar-refractivity contribution in [2.24, 2.45) is 5.92 Å². The van der Waals surface area contributed by atoms with Gasteiger partial charge in [-0.3, -0.25) is 4.79 Å². The third kappa shape index (κ3) is 9.25. The van der Waals surface area contributed by atoms with E-state index in [1.54, 1.807) is 0 Å². The SMILES string of the molecule is CCCCCCNC(=O)C1CCCN(CCOCCOc2ccccc2)C1. The van der Waals surface area contributed by atoms with Crippen molar-refractivity contribution in [1.29, 1.82) is 0 Å². The molecule has 1 fully saturated rings. The second-order valence-corrected chi connectivity index (χ2v) is 7.27. The van der Waals surface area contributed by atoms with Gasteiger partial charge >= 0.3 is 0 Å². The van der Waals surface area contributed by atoms with E-state index in [4.69, 9.17) is 9.47 Å². The normalized spacial score (nSPS) is 17.6. The molecule has 1 saturated heterocycles. The Morgan fingerprint density at radius 2 is 2.00 bits per heavy atom. The van der Waals surface area contributed by atoms with Gasteiger partial charge in [0.1, 0.15) is 12.4 Å². The summed E-state index contributed by atoms with van der Waals surface area (Å²) in [7, 11) is 0. The molecule has 5 heteroatoms. The highest BCUT2D eigenvalue weighted by Gasteiger charge is 2.25. The Labute approximate surface area is 164 Å². The van der Waals surface area contributed by atoms with Crippen LogP contribution in [0.4, 0.5) is 0 Å². The number of benzene rings is 1. The Hall–Kier alpha value is -1.59. The van der Waals surface area contributed by atoms with Crippen molar-refractivity contribution >= 4 is 5.91 Å². The first-order valence-electron chi connectivity index (χ1n) is 10.5. The quantitative estimate of drug-likeness (QED) is 0.536. The summed E-state index contributed by atoms with van der Waals surface area (Å²) in [6, 6.07) is 9.79. The van der Waals surface area contributed by atoms with Crippen molar-refractivity contribution in [3.05, 3.63) is 30.3 Å². The van der Waals surface area contributed by atoms with Gasteiger partial charge in [-0.15, -0.1) is 0 Å². The molecule has 1 aliphatic rings. The van der Waals surface area contributed by atoms with E-state index in [1.807, 2.05) is 30.3 Å². The third-order valence-electron chi connectivity index (χ3n) is 5.00. The summed E-state index contributed by atoms with van der Waals surface area (Å²) in [4.78, 5) is 14.7. The van der Waals surface area contributed by atoms with E-state index in [1.165, 1.54) is 19.3 Å². The fraction of sp³-hybridized carbons (Fsp3) is 0.682. The summed E-state index contributed by atoms with van der Waals surface area (Å²) >= 11 is 0. The van der Waals surface area contributed by atoms with Gasteiger partial charge in [0.25, 0.3) is 0 Å². The number of hydrogen-bond donors (Lipinski definition) is 1. The number of piperidine rings is 1. The number of ether oxygens (including phenoxy) is 2. The van der Waals surface area contributed by atoms with Crippen LogP contribution in [0.3, 0.4) is 0 Å². The molecule has 1 atom stereocenters. The maximum Gasteiger partial charge on any atom is 0.224 e. The second kappa shape index (κ2) is 13.6. The summed E-state index contributed by atoms with van der Waals surface area (Å²) in [6.07, 6.45) is 6.87.